The molecule has 21 heavy (non-hydrogen) atoms. The third-order valence-electron chi connectivity index (χ3n) is 2.64. The van der Waals surface area contributed by atoms with E-state index in [0.29, 0.717) is 24.1 Å². The Morgan fingerprint density at radius 2 is 2.14 bits per heavy atom. The van der Waals surface area contributed by atoms with Crippen LogP contribution in [-0.2, 0) is 0 Å². The fourth-order valence-corrected chi connectivity index (χ4v) is 2.03. The number of carbonyl (C=O) groups excluding carboxylic acids is 1. The lowest BCUT2D eigenvalue weighted by Gasteiger charge is -2.09. The second-order valence-corrected chi connectivity index (χ2v) is 5.92. The van der Waals surface area contributed by atoms with Crippen LogP contribution in [0.4, 0.5) is 11.6 Å². The summed E-state index contributed by atoms with van der Waals surface area (Å²) >= 11 is 3.40. The fourth-order valence-electron chi connectivity index (χ4n) is 1.63. The fraction of sp³-hybridized carbons (Fsp3) is 0.267. The number of rotatable bonds is 5. The van der Waals surface area contributed by atoms with E-state index in [1.807, 2.05) is 38.1 Å². The summed E-state index contributed by atoms with van der Waals surface area (Å²) < 4.78 is 0.957. The largest absolute Gasteiger partial charge is 0.350 e. The van der Waals surface area contributed by atoms with E-state index in [4.69, 9.17) is 0 Å². The first kappa shape index (κ1) is 15.4. The molecule has 5 nitrogen and oxygen atoms in total. The van der Waals surface area contributed by atoms with E-state index in [2.05, 4.69) is 36.5 Å². The molecule has 0 atom stereocenters. The highest BCUT2D eigenvalue weighted by Gasteiger charge is 2.09. The Morgan fingerprint density at radius 1 is 1.33 bits per heavy atom. The number of aromatic nitrogens is 2. The monoisotopic (exact) mass is 348 g/mol. The average molecular weight is 349 g/mol. The lowest BCUT2D eigenvalue weighted by atomic mass is 10.2. The van der Waals surface area contributed by atoms with Gasteiger partial charge in [-0.05, 0) is 30.2 Å². The Bertz CT molecular complexity index is 631. The first-order chi connectivity index (χ1) is 10.0. The predicted octanol–water partition coefficient (Wildman–Crippen LogP) is 3.37. The summed E-state index contributed by atoms with van der Waals surface area (Å²) in [5, 5.41) is 5.91. The van der Waals surface area contributed by atoms with Gasteiger partial charge in [-0.3, -0.25) is 4.79 Å². The molecule has 0 radical (unpaired) electrons. The second kappa shape index (κ2) is 7.17. The molecule has 1 heterocycles. The van der Waals surface area contributed by atoms with Crippen LogP contribution in [0.1, 0.15) is 24.3 Å². The van der Waals surface area contributed by atoms with Crippen molar-refractivity contribution in [1.82, 2.24) is 15.3 Å². The van der Waals surface area contributed by atoms with Crippen LogP contribution in [0.5, 0.6) is 0 Å². The summed E-state index contributed by atoms with van der Waals surface area (Å²) in [5.74, 6) is 0.601. The van der Waals surface area contributed by atoms with Gasteiger partial charge in [-0.15, -0.1) is 0 Å². The summed E-state index contributed by atoms with van der Waals surface area (Å²) in [6, 6.07) is 9.25. The molecule has 2 N–H and O–H groups in total. The highest BCUT2D eigenvalue weighted by atomic mass is 79.9. The van der Waals surface area contributed by atoms with Crippen LogP contribution in [-0.4, -0.2) is 22.4 Å². The lowest BCUT2D eigenvalue weighted by Crippen LogP contribution is -2.28. The van der Waals surface area contributed by atoms with Crippen molar-refractivity contribution >= 4 is 33.5 Å². The van der Waals surface area contributed by atoms with E-state index in [1.54, 1.807) is 12.3 Å². The summed E-state index contributed by atoms with van der Waals surface area (Å²) in [6.07, 6.45) is 1.57. The van der Waals surface area contributed by atoms with Crippen LogP contribution < -0.4 is 10.6 Å². The third-order valence-corrected chi connectivity index (χ3v) is 3.13. The third kappa shape index (κ3) is 4.82. The molecule has 2 rings (SSSR count). The number of nitrogens with zero attached hydrogens (tertiary/aromatic N) is 2. The molecule has 0 aliphatic carbocycles. The van der Waals surface area contributed by atoms with Crippen molar-refractivity contribution in [2.75, 3.05) is 11.9 Å². The van der Waals surface area contributed by atoms with Crippen LogP contribution in [0.2, 0.25) is 0 Å². The summed E-state index contributed by atoms with van der Waals surface area (Å²) in [7, 11) is 0. The summed E-state index contributed by atoms with van der Waals surface area (Å²) in [5.41, 5.74) is 1.20. The maximum Gasteiger partial charge on any atom is 0.270 e. The first-order valence-corrected chi connectivity index (χ1v) is 7.48. The number of nitrogens with one attached hydrogen (secondary N) is 2. The minimum Gasteiger partial charge on any atom is -0.350 e. The maximum absolute atomic E-state index is 12.0. The SMILES string of the molecule is CC(C)CNC(=O)c1ccnc(Nc2cccc(Br)c2)n1. The molecule has 0 unspecified atom stereocenters. The number of hydrogen-bond acceptors (Lipinski definition) is 4. The van der Waals surface area contributed by atoms with E-state index in [9.17, 15) is 4.79 Å². The van der Waals surface area contributed by atoms with E-state index < -0.39 is 0 Å². The number of halogens is 1. The average Bonchev–Trinajstić information content (AvgIpc) is 2.45. The van der Waals surface area contributed by atoms with Crippen molar-refractivity contribution in [2.45, 2.75) is 13.8 Å². The van der Waals surface area contributed by atoms with E-state index >= 15 is 0 Å². The molecular formula is C15H17BrN4O. The molecule has 2 aromatic rings. The number of amides is 1. The van der Waals surface area contributed by atoms with Gasteiger partial charge in [-0.1, -0.05) is 35.8 Å². The van der Waals surface area contributed by atoms with Crippen molar-refractivity contribution in [2.24, 2.45) is 5.92 Å². The van der Waals surface area contributed by atoms with Crippen molar-refractivity contribution in [3.8, 4) is 0 Å². The van der Waals surface area contributed by atoms with Crippen LogP contribution in [0.25, 0.3) is 0 Å². The van der Waals surface area contributed by atoms with Gasteiger partial charge in [0.05, 0.1) is 0 Å². The van der Waals surface area contributed by atoms with Crippen molar-refractivity contribution in [3.05, 3.63) is 46.7 Å². The van der Waals surface area contributed by atoms with E-state index in [0.717, 1.165) is 10.2 Å². The maximum atomic E-state index is 12.0. The van der Waals surface area contributed by atoms with Gasteiger partial charge in [0, 0.05) is 22.9 Å². The smallest absolute Gasteiger partial charge is 0.270 e. The Balaban J connectivity index is 2.08. The zero-order valence-corrected chi connectivity index (χ0v) is 13.5. The summed E-state index contributed by atoms with van der Waals surface area (Å²) in [6.45, 7) is 4.71. The molecule has 0 bridgehead atoms. The zero-order valence-electron chi connectivity index (χ0n) is 11.9. The first-order valence-electron chi connectivity index (χ1n) is 6.68. The summed E-state index contributed by atoms with van der Waals surface area (Å²) in [4.78, 5) is 20.3. The molecule has 0 aliphatic heterocycles. The minimum atomic E-state index is -0.191. The molecule has 0 fully saturated rings. The van der Waals surface area contributed by atoms with Gasteiger partial charge in [0.25, 0.3) is 5.91 Å². The van der Waals surface area contributed by atoms with E-state index in [-0.39, 0.29) is 5.91 Å². The van der Waals surface area contributed by atoms with Gasteiger partial charge in [0.1, 0.15) is 5.69 Å². The predicted molar refractivity (Wildman–Crippen MR) is 86.6 cm³/mol. The Labute approximate surface area is 132 Å². The van der Waals surface area contributed by atoms with Gasteiger partial charge in [0.15, 0.2) is 0 Å². The van der Waals surface area contributed by atoms with Crippen LogP contribution in [0.15, 0.2) is 41.0 Å². The Hall–Kier alpha value is -1.95. The molecule has 1 amide bonds. The molecule has 110 valence electrons. The zero-order chi connectivity index (χ0) is 15.2. The number of hydrogen-bond donors (Lipinski definition) is 2. The molecule has 1 aromatic heterocycles. The number of benzene rings is 1. The number of anilines is 2. The standard InChI is InChI=1S/C15H17BrN4O/c1-10(2)9-18-14(21)13-6-7-17-15(20-13)19-12-5-3-4-11(16)8-12/h3-8,10H,9H2,1-2H3,(H,18,21)(H,17,19,20). The second-order valence-electron chi connectivity index (χ2n) is 5.00. The topological polar surface area (TPSA) is 66.9 Å². The normalized spacial score (nSPS) is 10.5. The van der Waals surface area contributed by atoms with Gasteiger partial charge in [0.2, 0.25) is 5.95 Å². The van der Waals surface area contributed by atoms with Crippen LogP contribution in [0, 0.1) is 5.92 Å². The van der Waals surface area contributed by atoms with Crippen LogP contribution >= 0.6 is 15.9 Å². The van der Waals surface area contributed by atoms with Crippen LogP contribution in [0.3, 0.4) is 0 Å². The highest BCUT2D eigenvalue weighted by Crippen LogP contribution is 2.18. The van der Waals surface area contributed by atoms with Gasteiger partial charge < -0.3 is 10.6 Å². The Morgan fingerprint density at radius 3 is 2.86 bits per heavy atom. The molecule has 1 aromatic carbocycles. The van der Waals surface area contributed by atoms with Crippen molar-refractivity contribution in [3.63, 3.8) is 0 Å². The van der Waals surface area contributed by atoms with Crippen molar-refractivity contribution < 1.29 is 4.79 Å². The minimum absolute atomic E-state index is 0.191. The lowest BCUT2D eigenvalue weighted by molar-refractivity contribution is 0.0944. The van der Waals surface area contributed by atoms with Gasteiger partial charge in [-0.2, -0.15) is 0 Å². The van der Waals surface area contributed by atoms with Crippen molar-refractivity contribution in [1.29, 1.82) is 0 Å². The molecule has 0 spiro atoms. The highest BCUT2D eigenvalue weighted by molar-refractivity contribution is 9.10. The van der Waals surface area contributed by atoms with Gasteiger partial charge in [-0.25, -0.2) is 9.97 Å². The van der Waals surface area contributed by atoms with E-state index in [1.165, 1.54) is 0 Å². The Kier molecular flexibility index (Phi) is 5.27. The quantitative estimate of drug-likeness (QED) is 0.869. The molecular weight excluding hydrogens is 332 g/mol. The molecule has 0 aliphatic rings. The van der Waals surface area contributed by atoms with Gasteiger partial charge >= 0.3 is 0 Å². The molecule has 0 saturated heterocycles. The molecule has 0 saturated carbocycles. The molecule has 6 heteroatoms. The number of carbonyl (C=O) groups is 1.